The number of benzene rings is 1. The predicted molar refractivity (Wildman–Crippen MR) is 69.4 cm³/mol. The number of halogens is 1. The van der Waals surface area contributed by atoms with E-state index in [2.05, 4.69) is 6.58 Å². The zero-order valence-corrected chi connectivity index (χ0v) is 10.6. The Morgan fingerprint density at radius 1 is 1.35 bits per heavy atom. The molecule has 0 aromatic heterocycles. The zero-order valence-electron chi connectivity index (χ0n) is 9.82. The van der Waals surface area contributed by atoms with Crippen LogP contribution in [0.2, 0.25) is 0 Å². The first-order valence-corrected chi connectivity index (χ1v) is 6.32. The molecule has 0 aliphatic carbocycles. The summed E-state index contributed by atoms with van der Waals surface area (Å²) in [6.45, 7) is 4.48. The van der Waals surface area contributed by atoms with E-state index in [-0.39, 0.29) is 6.29 Å². The molecule has 0 N–H and O–H groups in total. The number of rotatable bonds is 4. The Morgan fingerprint density at radius 3 is 2.71 bits per heavy atom. The Hall–Kier alpha value is -0.990. The molecule has 0 radical (unpaired) electrons. The topological polar surface area (TPSA) is 18.5 Å². The number of ether oxygens (including phenoxy) is 2. The number of hydrogen-bond acceptors (Lipinski definition) is 2. The largest absolute Gasteiger partial charge is 0.465 e. The van der Waals surface area contributed by atoms with Gasteiger partial charge in [0.15, 0.2) is 6.29 Å². The second-order valence-corrected chi connectivity index (χ2v) is 4.79. The van der Waals surface area contributed by atoms with Crippen LogP contribution in [0, 0.1) is 0 Å². The highest BCUT2D eigenvalue weighted by Gasteiger charge is 2.14. The van der Waals surface area contributed by atoms with Crippen LogP contribution in [0.25, 0.3) is 0 Å². The van der Waals surface area contributed by atoms with Crippen LogP contribution in [0.1, 0.15) is 24.8 Å². The average molecular weight is 253 g/mol. The summed E-state index contributed by atoms with van der Waals surface area (Å²) in [7, 11) is 0. The molecular formula is C14H17ClO2. The predicted octanol–water partition coefficient (Wildman–Crippen LogP) is 3.89. The van der Waals surface area contributed by atoms with E-state index >= 15 is 0 Å². The van der Waals surface area contributed by atoms with Gasteiger partial charge in [0.25, 0.3) is 0 Å². The third-order valence-electron chi connectivity index (χ3n) is 2.72. The van der Waals surface area contributed by atoms with E-state index in [0.717, 1.165) is 30.8 Å². The summed E-state index contributed by atoms with van der Waals surface area (Å²) in [6, 6.07) is 7.91. The molecule has 0 amide bonds. The quantitative estimate of drug-likeness (QED) is 0.810. The van der Waals surface area contributed by atoms with Crippen molar-refractivity contribution in [2.45, 2.75) is 32.0 Å². The van der Waals surface area contributed by atoms with Crippen molar-refractivity contribution in [1.29, 1.82) is 0 Å². The van der Waals surface area contributed by atoms with Crippen LogP contribution in [0.15, 0.2) is 35.9 Å². The lowest BCUT2D eigenvalue weighted by Gasteiger charge is -2.23. The lowest BCUT2D eigenvalue weighted by atomic mass is 10.1. The molecule has 1 aromatic carbocycles. The van der Waals surface area contributed by atoms with E-state index in [1.54, 1.807) is 0 Å². The Labute approximate surface area is 107 Å². The summed E-state index contributed by atoms with van der Waals surface area (Å²) in [6.07, 6.45) is 3.89. The van der Waals surface area contributed by atoms with Crippen molar-refractivity contribution in [2.24, 2.45) is 0 Å². The van der Waals surface area contributed by atoms with E-state index in [9.17, 15) is 0 Å². The van der Waals surface area contributed by atoms with Gasteiger partial charge in [0.1, 0.15) is 5.75 Å². The van der Waals surface area contributed by atoms with E-state index in [4.69, 9.17) is 21.1 Å². The second-order valence-electron chi connectivity index (χ2n) is 4.25. The van der Waals surface area contributed by atoms with Gasteiger partial charge >= 0.3 is 0 Å². The fourth-order valence-corrected chi connectivity index (χ4v) is 2.02. The number of hydrogen-bond donors (Lipinski definition) is 0. The lowest BCUT2D eigenvalue weighted by molar-refractivity contribution is -0.105. The average Bonchev–Trinajstić information content (AvgIpc) is 2.32. The van der Waals surface area contributed by atoms with Gasteiger partial charge in [-0.15, -0.1) is 0 Å². The minimum atomic E-state index is -0.0856. The molecule has 1 aliphatic heterocycles. The SMILES string of the molecule is C=C(Cl)Cc1ccc(O[C@H]2CCCCO2)cc1. The Bertz CT molecular complexity index is 366. The van der Waals surface area contributed by atoms with Crippen molar-refractivity contribution in [1.82, 2.24) is 0 Å². The molecule has 92 valence electrons. The summed E-state index contributed by atoms with van der Waals surface area (Å²) in [5.74, 6) is 0.848. The fourth-order valence-electron chi connectivity index (χ4n) is 1.86. The van der Waals surface area contributed by atoms with Gasteiger partial charge in [0.05, 0.1) is 6.61 Å². The van der Waals surface area contributed by atoms with Crippen molar-refractivity contribution < 1.29 is 9.47 Å². The standard InChI is InChI=1S/C14H17ClO2/c1-11(15)10-12-5-7-13(8-6-12)17-14-4-2-3-9-16-14/h5-8,14H,1-4,9-10H2/t14-/m0/s1. The summed E-state index contributed by atoms with van der Waals surface area (Å²) in [5, 5.41) is 0.647. The first-order chi connectivity index (χ1) is 8.24. The minimum Gasteiger partial charge on any atom is -0.465 e. The van der Waals surface area contributed by atoms with Crippen molar-refractivity contribution in [2.75, 3.05) is 6.61 Å². The molecule has 1 aliphatic rings. The van der Waals surface area contributed by atoms with Crippen LogP contribution in [0.5, 0.6) is 5.75 Å². The Kier molecular flexibility index (Phi) is 4.46. The smallest absolute Gasteiger partial charge is 0.199 e. The maximum atomic E-state index is 5.76. The molecule has 0 bridgehead atoms. The zero-order chi connectivity index (χ0) is 12.1. The second kappa shape index (κ2) is 6.08. The highest BCUT2D eigenvalue weighted by molar-refractivity contribution is 6.29. The Balaban J connectivity index is 1.90. The third kappa shape index (κ3) is 4.06. The Morgan fingerprint density at radius 2 is 2.12 bits per heavy atom. The number of allylic oxidation sites excluding steroid dienone is 1. The molecule has 2 rings (SSSR count). The van der Waals surface area contributed by atoms with E-state index in [1.807, 2.05) is 24.3 Å². The van der Waals surface area contributed by atoms with Crippen LogP contribution >= 0.6 is 11.6 Å². The van der Waals surface area contributed by atoms with Crippen LogP contribution in [-0.4, -0.2) is 12.9 Å². The lowest BCUT2D eigenvalue weighted by Crippen LogP contribution is -2.24. The van der Waals surface area contributed by atoms with Crippen molar-refractivity contribution in [3.63, 3.8) is 0 Å². The summed E-state index contributed by atoms with van der Waals surface area (Å²) >= 11 is 5.76. The molecule has 1 saturated heterocycles. The highest BCUT2D eigenvalue weighted by atomic mass is 35.5. The first-order valence-electron chi connectivity index (χ1n) is 5.94. The molecule has 2 nitrogen and oxygen atoms in total. The van der Waals surface area contributed by atoms with Crippen LogP contribution in [0.3, 0.4) is 0 Å². The summed E-state index contributed by atoms with van der Waals surface area (Å²) in [4.78, 5) is 0. The van der Waals surface area contributed by atoms with Crippen LogP contribution in [-0.2, 0) is 11.2 Å². The van der Waals surface area contributed by atoms with E-state index < -0.39 is 0 Å². The van der Waals surface area contributed by atoms with Crippen molar-refractivity contribution in [3.8, 4) is 5.75 Å². The third-order valence-corrected chi connectivity index (χ3v) is 2.86. The molecule has 1 fully saturated rings. The normalized spacial score (nSPS) is 19.9. The van der Waals surface area contributed by atoms with E-state index in [1.165, 1.54) is 6.42 Å². The molecule has 3 heteroatoms. The minimum absolute atomic E-state index is 0.0856. The van der Waals surface area contributed by atoms with Gasteiger partial charge in [-0.1, -0.05) is 30.3 Å². The first kappa shape index (κ1) is 12.5. The van der Waals surface area contributed by atoms with Gasteiger partial charge in [-0.05, 0) is 30.5 Å². The molecule has 0 unspecified atom stereocenters. The molecule has 17 heavy (non-hydrogen) atoms. The van der Waals surface area contributed by atoms with Gasteiger partial charge in [0, 0.05) is 17.9 Å². The van der Waals surface area contributed by atoms with Crippen LogP contribution < -0.4 is 4.74 Å². The molecular weight excluding hydrogens is 236 g/mol. The highest BCUT2D eigenvalue weighted by Crippen LogP contribution is 2.20. The fraction of sp³-hybridized carbons (Fsp3) is 0.429. The maximum Gasteiger partial charge on any atom is 0.199 e. The van der Waals surface area contributed by atoms with Crippen molar-refractivity contribution in [3.05, 3.63) is 41.4 Å². The van der Waals surface area contributed by atoms with Gasteiger partial charge in [-0.3, -0.25) is 0 Å². The van der Waals surface area contributed by atoms with Crippen LogP contribution in [0.4, 0.5) is 0 Å². The van der Waals surface area contributed by atoms with Gasteiger partial charge in [0.2, 0.25) is 0 Å². The van der Waals surface area contributed by atoms with Crippen molar-refractivity contribution >= 4 is 11.6 Å². The maximum absolute atomic E-state index is 5.76. The summed E-state index contributed by atoms with van der Waals surface area (Å²) in [5.41, 5.74) is 1.14. The van der Waals surface area contributed by atoms with E-state index in [0.29, 0.717) is 11.5 Å². The summed E-state index contributed by atoms with van der Waals surface area (Å²) < 4.78 is 11.3. The monoisotopic (exact) mass is 252 g/mol. The molecule has 1 heterocycles. The molecule has 0 spiro atoms. The molecule has 1 atom stereocenters. The molecule has 0 saturated carbocycles. The molecule has 1 aromatic rings. The van der Waals surface area contributed by atoms with Gasteiger partial charge in [-0.2, -0.15) is 0 Å². The van der Waals surface area contributed by atoms with Gasteiger partial charge < -0.3 is 9.47 Å². The van der Waals surface area contributed by atoms with Gasteiger partial charge in [-0.25, -0.2) is 0 Å².